The quantitative estimate of drug-likeness (QED) is 0.732. The van der Waals surface area contributed by atoms with Crippen molar-refractivity contribution in [3.05, 3.63) is 0 Å². The molecular weight excluding hydrogens is 192 g/mol. The predicted molar refractivity (Wildman–Crippen MR) is 59.7 cm³/mol. The van der Waals surface area contributed by atoms with E-state index in [2.05, 4.69) is 0 Å². The molecule has 0 aromatic carbocycles. The molecule has 0 aromatic heterocycles. The zero-order valence-corrected chi connectivity index (χ0v) is 10.00. The molecular formula is C12H24O3. The summed E-state index contributed by atoms with van der Waals surface area (Å²) in [6.45, 7) is 4.95. The van der Waals surface area contributed by atoms with Crippen LogP contribution in [0.4, 0.5) is 0 Å². The number of aliphatic hydroxyl groups excluding tert-OH is 1. The second-order valence-electron chi connectivity index (χ2n) is 4.03. The van der Waals surface area contributed by atoms with E-state index in [-0.39, 0.29) is 18.5 Å². The van der Waals surface area contributed by atoms with Crippen LogP contribution in [-0.4, -0.2) is 30.2 Å². The van der Waals surface area contributed by atoms with Crippen LogP contribution in [0.1, 0.15) is 52.4 Å². The van der Waals surface area contributed by atoms with Crippen LogP contribution in [0.25, 0.3) is 0 Å². The average Bonchev–Trinajstić information content (AvgIpc) is 2.33. The molecule has 2 unspecified atom stereocenters. The molecule has 2 atom stereocenters. The summed E-state index contributed by atoms with van der Waals surface area (Å²) in [4.78, 5) is 0. The third-order valence-corrected chi connectivity index (χ3v) is 2.99. The zero-order chi connectivity index (χ0) is 11.1. The van der Waals surface area contributed by atoms with E-state index in [0.29, 0.717) is 0 Å². The summed E-state index contributed by atoms with van der Waals surface area (Å²) in [5.41, 5.74) is 0. The van der Waals surface area contributed by atoms with Crippen molar-refractivity contribution in [3.63, 3.8) is 0 Å². The Bertz CT molecular complexity index is 159. The molecule has 0 amide bonds. The van der Waals surface area contributed by atoms with Crippen LogP contribution in [0.2, 0.25) is 0 Å². The van der Waals surface area contributed by atoms with E-state index in [1.165, 1.54) is 6.42 Å². The lowest BCUT2D eigenvalue weighted by molar-refractivity contribution is -0.298. The molecule has 2 aliphatic heterocycles. The van der Waals surface area contributed by atoms with Gasteiger partial charge in [-0.15, -0.1) is 0 Å². The van der Waals surface area contributed by atoms with Gasteiger partial charge in [-0.3, -0.25) is 0 Å². The van der Waals surface area contributed by atoms with Gasteiger partial charge in [0.1, 0.15) is 0 Å². The molecule has 2 heterocycles. The van der Waals surface area contributed by atoms with Crippen molar-refractivity contribution in [1.29, 1.82) is 0 Å². The molecule has 3 heteroatoms. The summed E-state index contributed by atoms with van der Waals surface area (Å²) in [5.74, 6) is -0.329. The highest BCUT2D eigenvalue weighted by Gasteiger charge is 2.39. The van der Waals surface area contributed by atoms with E-state index in [1.807, 2.05) is 13.8 Å². The maximum atomic E-state index is 9.02. The monoisotopic (exact) mass is 216 g/mol. The van der Waals surface area contributed by atoms with Gasteiger partial charge < -0.3 is 14.6 Å². The van der Waals surface area contributed by atoms with Crippen LogP contribution in [0.5, 0.6) is 0 Å². The molecule has 0 aliphatic carbocycles. The lowest BCUT2D eigenvalue weighted by atomic mass is 9.95. The first-order valence-electron chi connectivity index (χ1n) is 6.27. The molecule has 0 saturated carbocycles. The topological polar surface area (TPSA) is 38.7 Å². The summed E-state index contributed by atoms with van der Waals surface area (Å²) in [6, 6.07) is 0. The fourth-order valence-corrected chi connectivity index (χ4v) is 2.27. The third-order valence-electron chi connectivity index (χ3n) is 2.99. The second kappa shape index (κ2) is 6.46. The number of rotatable bonds is 1. The lowest BCUT2D eigenvalue weighted by Gasteiger charge is -2.42. The molecule has 2 fully saturated rings. The standard InChI is InChI=1S/C10H18O3.C2H6/c11-8-9-4-3-6-10(13-9)5-1-2-7-12-10;1-2/h9,11H,1-8H2;1-2H3. The van der Waals surface area contributed by atoms with E-state index in [9.17, 15) is 0 Å². The normalized spacial score (nSPS) is 35.8. The molecule has 2 aliphatic rings. The Hall–Kier alpha value is -0.120. The Kier molecular flexibility index (Phi) is 5.58. The summed E-state index contributed by atoms with van der Waals surface area (Å²) >= 11 is 0. The molecule has 15 heavy (non-hydrogen) atoms. The van der Waals surface area contributed by atoms with Crippen LogP contribution in [0.3, 0.4) is 0 Å². The van der Waals surface area contributed by atoms with Crippen LogP contribution < -0.4 is 0 Å². The number of aliphatic hydroxyl groups is 1. The van der Waals surface area contributed by atoms with E-state index < -0.39 is 0 Å². The van der Waals surface area contributed by atoms with Crippen molar-refractivity contribution in [2.75, 3.05) is 13.2 Å². The highest BCUT2D eigenvalue weighted by Crippen LogP contribution is 2.36. The molecule has 3 nitrogen and oxygen atoms in total. The fourth-order valence-electron chi connectivity index (χ4n) is 2.27. The maximum Gasteiger partial charge on any atom is 0.168 e. The van der Waals surface area contributed by atoms with E-state index in [4.69, 9.17) is 14.6 Å². The van der Waals surface area contributed by atoms with Gasteiger partial charge >= 0.3 is 0 Å². The predicted octanol–water partition coefficient (Wildman–Crippen LogP) is 2.47. The van der Waals surface area contributed by atoms with E-state index in [0.717, 1.165) is 38.7 Å². The first-order chi connectivity index (χ1) is 7.35. The van der Waals surface area contributed by atoms with Gasteiger partial charge in [-0.05, 0) is 25.7 Å². The largest absolute Gasteiger partial charge is 0.394 e. The number of hydrogen-bond acceptors (Lipinski definition) is 3. The van der Waals surface area contributed by atoms with Crippen molar-refractivity contribution in [3.8, 4) is 0 Å². The minimum absolute atomic E-state index is 0.00634. The maximum absolute atomic E-state index is 9.02. The molecule has 2 saturated heterocycles. The first kappa shape index (κ1) is 12.9. The average molecular weight is 216 g/mol. The Morgan fingerprint density at radius 1 is 1.20 bits per heavy atom. The van der Waals surface area contributed by atoms with Crippen LogP contribution in [-0.2, 0) is 9.47 Å². The Labute approximate surface area is 92.8 Å². The van der Waals surface area contributed by atoms with Crippen LogP contribution in [0.15, 0.2) is 0 Å². The molecule has 1 N–H and O–H groups in total. The van der Waals surface area contributed by atoms with Gasteiger partial charge in [0, 0.05) is 12.8 Å². The van der Waals surface area contributed by atoms with Crippen molar-refractivity contribution in [2.24, 2.45) is 0 Å². The highest BCUT2D eigenvalue weighted by atomic mass is 16.7. The summed E-state index contributed by atoms with van der Waals surface area (Å²) in [5, 5.41) is 9.02. The Morgan fingerprint density at radius 3 is 2.53 bits per heavy atom. The van der Waals surface area contributed by atoms with Gasteiger partial charge in [-0.2, -0.15) is 0 Å². The van der Waals surface area contributed by atoms with Gasteiger partial charge in [0.15, 0.2) is 5.79 Å². The highest BCUT2D eigenvalue weighted by molar-refractivity contribution is 4.80. The summed E-state index contributed by atoms with van der Waals surface area (Å²) in [6.07, 6.45) is 6.44. The van der Waals surface area contributed by atoms with Gasteiger partial charge in [-0.25, -0.2) is 0 Å². The summed E-state index contributed by atoms with van der Waals surface area (Å²) in [7, 11) is 0. The third kappa shape index (κ3) is 3.44. The van der Waals surface area contributed by atoms with Gasteiger partial charge in [0.05, 0.1) is 19.3 Å². The van der Waals surface area contributed by atoms with E-state index in [1.54, 1.807) is 0 Å². The minimum atomic E-state index is -0.329. The van der Waals surface area contributed by atoms with Crippen molar-refractivity contribution in [1.82, 2.24) is 0 Å². The SMILES string of the molecule is CC.OCC1CCCC2(CCCCO2)O1. The number of ether oxygens (including phenoxy) is 2. The van der Waals surface area contributed by atoms with Crippen molar-refractivity contribution >= 4 is 0 Å². The van der Waals surface area contributed by atoms with Crippen LogP contribution >= 0.6 is 0 Å². The molecule has 0 bridgehead atoms. The van der Waals surface area contributed by atoms with Crippen LogP contribution in [0, 0.1) is 0 Å². The smallest absolute Gasteiger partial charge is 0.168 e. The molecule has 2 rings (SSSR count). The van der Waals surface area contributed by atoms with Gasteiger partial charge in [0.25, 0.3) is 0 Å². The van der Waals surface area contributed by atoms with Crippen molar-refractivity contribution in [2.45, 2.75) is 64.3 Å². The Morgan fingerprint density at radius 2 is 1.93 bits per heavy atom. The van der Waals surface area contributed by atoms with Gasteiger partial charge in [-0.1, -0.05) is 13.8 Å². The molecule has 1 spiro atoms. The molecule has 0 aromatic rings. The molecule has 0 radical (unpaired) electrons. The second-order valence-corrected chi connectivity index (χ2v) is 4.03. The first-order valence-corrected chi connectivity index (χ1v) is 6.27. The van der Waals surface area contributed by atoms with E-state index >= 15 is 0 Å². The van der Waals surface area contributed by atoms with Gasteiger partial charge in [0.2, 0.25) is 0 Å². The number of hydrogen-bond donors (Lipinski definition) is 1. The lowest BCUT2D eigenvalue weighted by Crippen LogP contribution is -2.46. The fraction of sp³-hybridized carbons (Fsp3) is 1.00. The van der Waals surface area contributed by atoms with Crippen molar-refractivity contribution < 1.29 is 14.6 Å². The summed E-state index contributed by atoms with van der Waals surface area (Å²) < 4.78 is 11.5. The molecule has 90 valence electrons. The zero-order valence-electron chi connectivity index (χ0n) is 10.00. The minimum Gasteiger partial charge on any atom is -0.394 e. The Balaban J connectivity index is 0.000000531.